The molecule has 0 saturated carbocycles. The lowest BCUT2D eigenvalue weighted by Crippen LogP contribution is -2.24. The number of carbonyl (C=O) groups excluding carboxylic acids is 1. The summed E-state index contributed by atoms with van der Waals surface area (Å²) in [6.45, 7) is 4.51. The minimum atomic E-state index is -0.120. The predicted octanol–water partition coefficient (Wildman–Crippen LogP) is 3.41. The van der Waals surface area contributed by atoms with E-state index >= 15 is 0 Å². The molecule has 3 aromatic rings. The van der Waals surface area contributed by atoms with Crippen LogP contribution in [0.3, 0.4) is 0 Å². The molecule has 1 N–H and O–H groups in total. The van der Waals surface area contributed by atoms with Crippen molar-refractivity contribution in [2.45, 2.75) is 31.0 Å². The Morgan fingerprint density at radius 2 is 1.96 bits per heavy atom. The summed E-state index contributed by atoms with van der Waals surface area (Å²) >= 11 is 1.61. The topological polar surface area (TPSA) is 81.9 Å². The number of nitrogens with one attached hydrogen (secondary N) is 1. The number of hydrogen-bond acceptors (Lipinski definition) is 6. The predicted molar refractivity (Wildman–Crippen MR) is 109 cm³/mol. The highest BCUT2D eigenvalue weighted by molar-refractivity contribution is 7.98. The summed E-state index contributed by atoms with van der Waals surface area (Å²) in [5.74, 6) is 2.10. The molecule has 0 bridgehead atoms. The number of aromatic nitrogens is 4. The van der Waals surface area contributed by atoms with Gasteiger partial charge >= 0.3 is 0 Å². The molecule has 0 atom stereocenters. The third kappa shape index (κ3) is 4.69. The Kier molecular flexibility index (Phi) is 6.65. The molecule has 0 aliphatic carbocycles. The van der Waals surface area contributed by atoms with E-state index in [1.807, 2.05) is 50.2 Å². The summed E-state index contributed by atoms with van der Waals surface area (Å²) < 4.78 is 6.80. The van der Waals surface area contributed by atoms with Crippen LogP contribution in [0.5, 0.6) is 5.75 Å². The molecule has 0 aliphatic heterocycles. The molecule has 0 spiro atoms. The van der Waals surface area contributed by atoms with E-state index in [0.29, 0.717) is 17.9 Å². The van der Waals surface area contributed by atoms with Crippen molar-refractivity contribution in [2.75, 3.05) is 13.7 Å². The number of thioether (sulfide) groups is 1. The van der Waals surface area contributed by atoms with Crippen molar-refractivity contribution in [3.8, 4) is 11.6 Å². The third-order valence-electron chi connectivity index (χ3n) is 4.18. The molecule has 7 nitrogen and oxygen atoms in total. The number of rotatable bonds is 8. The summed E-state index contributed by atoms with van der Waals surface area (Å²) in [5.41, 5.74) is 2.47. The largest absolute Gasteiger partial charge is 0.497 e. The highest BCUT2D eigenvalue weighted by atomic mass is 32.2. The smallest absolute Gasteiger partial charge is 0.254 e. The normalized spacial score (nSPS) is 10.7. The van der Waals surface area contributed by atoms with Crippen LogP contribution in [-0.2, 0) is 5.75 Å². The number of hydrogen-bond donors (Lipinski definition) is 1. The van der Waals surface area contributed by atoms with E-state index in [9.17, 15) is 4.79 Å². The molecule has 146 valence electrons. The molecule has 0 fully saturated rings. The molecule has 0 aliphatic rings. The van der Waals surface area contributed by atoms with Gasteiger partial charge in [-0.3, -0.25) is 4.79 Å². The summed E-state index contributed by atoms with van der Waals surface area (Å²) in [4.78, 5) is 12.2. The van der Waals surface area contributed by atoms with Gasteiger partial charge in [-0.1, -0.05) is 30.8 Å². The first-order valence-corrected chi connectivity index (χ1v) is 10.0. The van der Waals surface area contributed by atoms with E-state index in [-0.39, 0.29) is 5.91 Å². The average Bonchev–Trinajstić information content (AvgIpc) is 3.12. The first kappa shape index (κ1) is 19.9. The summed E-state index contributed by atoms with van der Waals surface area (Å²) in [6.07, 6.45) is 2.45. The Balaban J connectivity index is 1.65. The maximum Gasteiger partial charge on any atom is 0.254 e. The Labute approximate surface area is 168 Å². The van der Waals surface area contributed by atoms with E-state index in [1.165, 1.54) is 5.56 Å². The number of carbonyl (C=O) groups is 1. The molecule has 0 saturated heterocycles. The molecule has 28 heavy (non-hydrogen) atoms. The number of nitrogens with zero attached hydrogens (tertiary/aromatic N) is 4. The van der Waals surface area contributed by atoms with Crippen LogP contribution in [-0.4, -0.2) is 39.5 Å². The molecule has 3 rings (SSSR count). The van der Waals surface area contributed by atoms with Crippen LogP contribution in [0.4, 0.5) is 0 Å². The molecular formula is C20H23N5O2S. The third-order valence-corrected chi connectivity index (χ3v) is 5.17. The van der Waals surface area contributed by atoms with E-state index < -0.39 is 0 Å². The molecule has 1 aromatic carbocycles. The second-order valence-electron chi connectivity index (χ2n) is 6.18. The van der Waals surface area contributed by atoms with Crippen LogP contribution >= 0.6 is 11.8 Å². The lowest BCUT2D eigenvalue weighted by molar-refractivity contribution is 0.0953. The van der Waals surface area contributed by atoms with Gasteiger partial charge in [-0.2, -0.15) is 5.10 Å². The lowest BCUT2D eigenvalue weighted by Gasteiger charge is -2.06. The van der Waals surface area contributed by atoms with Gasteiger partial charge in [0.25, 0.3) is 5.91 Å². The lowest BCUT2D eigenvalue weighted by atomic mass is 10.2. The SMILES string of the molecule is CCCNC(=O)c1cnn(-c2ccc(SCc3ccc(OC)cc3)nn2)c1C. The van der Waals surface area contributed by atoms with E-state index in [0.717, 1.165) is 28.6 Å². The Bertz CT molecular complexity index is 923. The van der Waals surface area contributed by atoms with Crippen LogP contribution in [0.2, 0.25) is 0 Å². The first-order valence-electron chi connectivity index (χ1n) is 9.05. The second kappa shape index (κ2) is 9.36. The Hall–Kier alpha value is -2.87. The van der Waals surface area contributed by atoms with Gasteiger partial charge in [0.2, 0.25) is 0 Å². The van der Waals surface area contributed by atoms with Crippen molar-refractivity contribution in [3.05, 3.63) is 59.4 Å². The number of benzene rings is 1. The van der Waals surface area contributed by atoms with Crippen molar-refractivity contribution >= 4 is 17.7 Å². The van der Waals surface area contributed by atoms with Crippen LogP contribution in [0, 0.1) is 6.92 Å². The van der Waals surface area contributed by atoms with Crippen LogP contribution in [0.15, 0.2) is 47.6 Å². The molecule has 0 radical (unpaired) electrons. The van der Waals surface area contributed by atoms with Crippen LogP contribution in [0.1, 0.15) is 35.0 Å². The molecular weight excluding hydrogens is 374 g/mol. The number of ether oxygens (including phenoxy) is 1. The van der Waals surface area contributed by atoms with E-state index in [4.69, 9.17) is 4.74 Å². The van der Waals surface area contributed by atoms with Crippen molar-refractivity contribution in [1.29, 1.82) is 0 Å². The number of methoxy groups -OCH3 is 1. The van der Waals surface area contributed by atoms with Gasteiger partial charge in [0, 0.05) is 12.3 Å². The Morgan fingerprint density at radius 3 is 2.61 bits per heavy atom. The fourth-order valence-corrected chi connectivity index (χ4v) is 3.35. The molecule has 8 heteroatoms. The van der Waals surface area contributed by atoms with Crippen molar-refractivity contribution < 1.29 is 9.53 Å². The van der Waals surface area contributed by atoms with E-state index in [2.05, 4.69) is 20.6 Å². The van der Waals surface area contributed by atoms with Gasteiger partial charge in [0.1, 0.15) is 10.8 Å². The maximum absolute atomic E-state index is 12.2. The van der Waals surface area contributed by atoms with Gasteiger partial charge in [0.15, 0.2) is 5.82 Å². The fourth-order valence-electron chi connectivity index (χ4n) is 2.58. The van der Waals surface area contributed by atoms with Gasteiger partial charge in [-0.15, -0.1) is 10.2 Å². The standard InChI is InChI=1S/C20H23N5O2S/c1-4-11-21-20(26)17-12-22-25(14(17)2)18-9-10-19(24-23-18)28-13-15-5-7-16(27-3)8-6-15/h5-10,12H,4,11,13H2,1-3H3,(H,21,26). The molecule has 2 heterocycles. The fraction of sp³-hybridized carbons (Fsp3) is 0.300. The average molecular weight is 398 g/mol. The summed E-state index contributed by atoms with van der Waals surface area (Å²) in [6, 6.07) is 11.7. The van der Waals surface area contributed by atoms with E-state index in [1.54, 1.807) is 29.8 Å². The van der Waals surface area contributed by atoms with Gasteiger partial charge in [0.05, 0.1) is 24.6 Å². The second-order valence-corrected chi connectivity index (χ2v) is 7.17. The minimum Gasteiger partial charge on any atom is -0.497 e. The monoisotopic (exact) mass is 397 g/mol. The zero-order chi connectivity index (χ0) is 19.9. The minimum absolute atomic E-state index is 0.120. The molecule has 0 unspecified atom stereocenters. The summed E-state index contributed by atoms with van der Waals surface area (Å²) in [5, 5.41) is 16.5. The van der Waals surface area contributed by atoms with Crippen molar-refractivity contribution in [1.82, 2.24) is 25.3 Å². The quantitative estimate of drug-likeness (QED) is 0.587. The highest BCUT2D eigenvalue weighted by Crippen LogP contribution is 2.22. The Morgan fingerprint density at radius 1 is 1.18 bits per heavy atom. The zero-order valence-corrected chi connectivity index (χ0v) is 17.0. The van der Waals surface area contributed by atoms with Crippen LogP contribution in [0.25, 0.3) is 5.82 Å². The van der Waals surface area contributed by atoms with Gasteiger partial charge in [-0.25, -0.2) is 4.68 Å². The highest BCUT2D eigenvalue weighted by Gasteiger charge is 2.15. The molecule has 1 amide bonds. The number of amides is 1. The van der Waals surface area contributed by atoms with Gasteiger partial charge in [-0.05, 0) is 43.2 Å². The van der Waals surface area contributed by atoms with Crippen LogP contribution < -0.4 is 10.1 Å². The van der Waals surface area contributed by atoms with Crippen molar-refractivity contribution in [2.24, 2.45) is 0 Å². The first-order chi connectivity index (χ1) is 13.6. The maximum atomic E-state index is 12.2. The summed E-state index contributed by atoms with van der Waals surface area (Å²) in [7, 11) is 1.66. The van der Waals surface area contributed by atoms with Gasteiger partial charge < -0.3 is 10.1 Å². The zero-order valence-electron chi connectivity index (χ0n) is 16.2. The molecule has 2 aromatic heterocycles. The van der Waals surface area contributed by atoms with Crippen molar-refractivity contribution in [3.63, 3.8) is 0 Å².